The molecule has 0 radical (unpaired) electrons. The van der Waals surface area contributed by atoms with Crippen LogP contribution in [0.15, 0.2) is 0 Å². The molecule has 2 saturated carbocycles. The van der Waals surface area contributed by atoms with Crippen LogP contribution in [0.5, 0.6) is 0 Å². The summed E-state index contributed by atoms with van der Waals surface area (Å²) < 4.78 is 0. The first-order valence-electron chi connectivity index (χ1n) is 4.76. The van der Waals surface area contributed by atoms with Gasteiger partial charge >= 0.3 is 0 Å². The average molecular weight is 138 g/mol. The van der Waals surface area contributed by atoms with Crippen molar-refractivity contribution in [2.24, 2.45) is 17.3 Å². The lowest BCUT2D eigenvalue weighted by Crippen LogP contribution is -2.16. The fourth-order valence-electron chi connectivity index (χ4n) is 3.47. The molecular formula is C10H18. The van der Waals surface area contributed by atoms with E-state index >= 15 is 0 Å². The Morgan fingerprint density at radius 1 is 1.30 bits per heavy atom. The second kappa shape index (κ2) is 1.99. The predicted molar refractivity (Wildman–Crippen MR) is 43.8 cm³/mol. The molecule has 2 fully saturated rings. The average Bonchev–Trinajstić information content (AvgIpc) is 2.39. The van der Waals surface area contributed by atoms with Crippen molar-refractivity contribution in [1.29, 1.82) is 0 Å². The zero-order chi connectivity index (χ0) is 7.19. The normalized spacial score (nSPS) is 52.2. The molecular weight excluding hydrogens is 120 g/mol. The van der Waals surface area contributed by atoms with Crippen LogP contribution in [-0.4, -0.2) is 0 Å². The number of hydrogen-bond acceptors (Lipinski definition) is 0. The molecule has 0 nitrogen and oxygen atoms in total. The van der Waals surface area contributed by atoms with Crippen molar-refractivity contribution in [2.75, 3.05) is 0 Å². The third-order valence-electron chi connectivity index (χ3n) is 4.08. The molecule has 2 aliphatic carbocycles. The minimum absolute atomic E-state index is 0.777. The van der Waals surface area contributed by atoms with Gasteiger partial charge < -0.3 is 0 Å². The Bertz CT molecular complexity index is 129. The van der Waals surface area contributed by atoms with Crippen LogP contribution in [0.3, 0.4) is 0 Å². The smallest absolute Gasteiger partial charge is 0.0295 e. The summed E-state index contributed by atoms with van der Waals surface area (Å²) in [6.45, 7) is 4.88. The summed E-state index contributed by atoms with van der Waals surface area (Å²) in [4.78, 5) is 0. The van der Waals surface area contributed by atoms with Gasteiger partial charge in [-0.3, -0.25) is 0 Å². The van der Waals surface area contributed by atoms with Gasteiger partial charge in [-0.2, -0.15) is 0 Å². The first kappa shape index (κ1) is 6.69. The van der Waals surface area contributed by atoms with Crippen molar-refractivity contribution in [3.63, 3.8) is 0 Å². The first-order chi connectivity index (χ1) is 4.76. The summed E-state index contributed by atoms with van der Waals surface area (Å²) in [6.07, 6.45) is 7.55. The lowest BCUT2D eigenvalue weighted by Gasteiger charge is -2.25. The third-order valence-corrected chi connectivity index (χ3v) is 4.08. The van der Waals surface area contributed by atoms with Crippen molar-refractivity contribution in [2.45, 2.75) is 46.0 Å². The van der Waals surface area contributed by atoms with Gasteiger partial charge in [0.1, 0.15) is 0 Å². The SMILES string of the molecule is CCC1C2CCC1(C)CC2. The largest absolute Gasteiger partial charge is 0.0651 e. The molecule has 1 atom stereocenters. The number of hydrogen-bond donors (Lipinski definition) is 0. The first-order valence-corrected chi connectivity index (χ1v) is 4.76. The molecule has 0 heterocycles. The molecule has 2 bridgehead atoms. The van der Waals surface area contributed by atoms with E-state index in [9.17, 15) is 0 Å². The summed E-state index contributed by atoms with van der Waals surface area (Å²) >= 11 is 0. The molecule has 58 valence electrons. The van der Waals surface area contributed by atoms with Crippen molar-refractivity contribution in [3.8, 4) is 0 Å². The highest BCUT2D eigenvalue weighted by Crippen LogP contribution is 2.59. The van der Waals surface area contributed by atoms with Crippen LogP contribution in [0.25, 0.3) is 0 Å². The molecule has 2 rings (SSSR count). The van der Waals surface area contributed by atoms with Crippen LogP contribution in [0.4, 0.5) is 0 Å². The fraction of sp³-hybridized carbons (Fsp3) is 1.00. The number of rotatable bonds is 1. The van der Waals surface area contributed by atoms with Gasteiger partial charge in [0, 0.05) is 0 Å². The zero-order valence-corrected chi connectivity index (χ0v) is 7.19. The standard InChI is InChI=1S/C10H18/c1-3-9-8-4-6-10(9,2)7-5-8/h8-9H,3-7H2,1-2H3. The van der Waals surface area contributed by atoms with E-state index in [0.717, 1.165) is 17.3 Å². The fourth-order valence-corrected chi connectivity index (χ4v) is 3.47. The Hall–Kier alpha value is 0. The summed E-state index contributed by atoms with van der Waals surface area (Å²) in [6, 6.07) is 0. The topological polar surface area (TPSA) is 0 Å². The minimum Gasteiger partial charge on any atom is -0.0651 e. The maximum Gasteiger partial charge on any atom is -0.0295 e. The quantitative estimate of drug-likeness (QED) is 0.522. The van der Waals surface area contributed by atoms with E-state index in [1.54, 1.807) is 0 Å². The van der Waals surface area contributed by atoms with Gasteiger partial charge in [0.25, 0.3) is 0 Å². The van der Waals surface area contributed by atoms with E-state index in [-0.39, 0.29) is 0 Å². The Morgan fingerprint density at radius 3 is 2.10 bits per heavy atom. The second-order valence-electron chi connectivity index (χ2n) is 4.51. The molecule has 2 aliphatic rings. The molecule has 0 aliphatic heterocycles. The molecule has 0 saturated heterocycles. The van der Waals surface area contributed by atoms with Crippen LogP contribution < -0.4 is 0 Å². The van der Waals surface area contributed by atoms with Crippen molar-refractivity contribution in [1.82, 2.24) is 0 Å². The van der Waals surface area contributed by atoms with Gasteiger partial charge in [-0.05, 0) is 42.9 Å². The Kier molecular flexibility index (Phi) is 1.33. The summed E-state index contributed by atoms with van der Waals surface area (Å²) in [7, 11) is 0. The lowest BCUT2D eigenvalue weighted by atomic mass is 9.80. The maximum absolute atomic E-state index is 2.51. The van der Waals surface area contributed by atoms with Crippen LogP contribution in [-0.2, 0) is 0 Å². The highest BCUT2D eigenvalue weighted by atomic mass is 14.5. The van der Waals surface area contributed by atoms with E-state index < -0.39 is 0 Å². The highest BCUT2D eigenvalue weighted by molar-refractivity contribution is 4.99. The Balaban J connectivity index is 2.20. The van der Waals surface area contributed by atoms with Gasteiger partial charge in [0.05, 0.1) is 0 Å². The molecule has 0 aromatic heterocycles. The molecule has 1 unspecified atom stereocenters. The molecule has 0 N–H and O–H groups in total. The summed E-state index contributed by atoms with van der Waals surface area (Å²) in [5.41, 5.74) is 0.777. The minimum atomic E-state index is 0.777. The van der Waals surface area contributed by atoms with E-state index in [4.69, 9.17) is 0 Å². The lowest BCUT2D eigenvalue weighted by molar-refractivity contribution is 0.247. The van der Waals surface area contributed by atoms with Gasteiger partial charge in [0.2, 0.25) is 0 Å². The predicted octanol–water partition coefficient (Wildman–Crippen LogP) is 3.22. The molecule has 10 heavy (non-hydrogen) atoms. The van der Waals surface area contributed by atoms with E-state index in [2.05, 4.69) is 13.8 Å². The van der Waals surface area contributed by atoms with Crippen LogP contribution in [0.2, 0.25) is 0 Å². The van der Waals surface area contributed by atoms with Crippen LogP contribution in [0, 0.1) is 17.3 Å². The van der Waals surface area contributed by atoms with Crippen molar-refractivity contribution in [3.05, 3.63) is 0 Å². The summed E-state index contributed by atoms with van der Waals surface area (Å²) in [5, 5.41) is 0. The van der Waals surface area contributed by atoms with Gasteiger partial charge in [-0.1, -0.05) is 20.3 Å². The van der Waals surface area contributed by atoms with Crippen molar-refractivity contribution < 1.29 is 0 Å². The third kappa shape index (κ3) is 0.681. The van der Waals surface area contributed by atoms with E-state index in [1.807, 2.05) is 0 Å². The van der Waals surface area contributed by atoms with Gasteiger partial charge in [0.15, 0.2) is 0 Å². The number of fused-ring (bicyclic) bond motifs is 2. The maximum atomic E-state index is 2.51. The van der Waals surface area contributed by atoms with Crippen molar-refractivity contribution >= 4 is 0 Å². The van der Waals surface area contributed by atoms with Gasteiger partial charge in [-0.15, -0.1) is 0 Å². The second-order valence-corrected chi connectivity index (χ2v) is 4.51. The molecule has 0 aromatic rings. The highest BCUT2D eigenvalue weighted by Gasteiger charge is 2.48. The molecule has 0 spiro atoms. The van der Waals surface area contributed by atoms with E-state index in [0.29, 0.717) is 0 Å². The monoisotopic (exact) mass is 138 g/mol. The molecule has 0 heteroatoms. The Labute approximate surface area is 64.0 Å². The zero-order valence-electron chi connectivity index (χ0n) is 7.19. The van der Waals surface area contributed by atoms with E-state index in [1.165, 1.54) is 32.1 Å². The van der Waals surface area contributed by atoms with Gasteiger partial charge in [-0.25, -0.2) is 0 Å². The summed E-state index contributed by atoms with van der Waals surface area (Å²) in [5.74, 6) is 2.21. The molecule has 0 amide bonds. The Morgan fingerprint density at radius 2 is 1.90 bits per heavy atom. The van der Waals surface area contributed by atoms with Crippen LogP contribution >= 0.6 is 0 Å². The van der Waals surface area contributed by atoms with Crippen LogP contribution in [0.1, 0.15) is 46.0 Å². The molecule has 0 aromatic carbocycles.